The van der Waals surface area contributed by atoms with Crippen LogP contribution in [0.15, 0.2) is 48.5 Å². The van der Waals surface area contributed by atoms with Gasteiger partial charge in [0.25, 0.3) is 5.91 Å². The summed E-state index contributed by atoms with van der Waals surface area (Å²) in [7, 11) is 0. The van der Waals surface area contributed by atoms with E-state index in [2.05, 4.69) is 4.74 Å². The van der Waals surface area contributed by atoms with Crippen molar-refractivity contribution in [1.29, 1.82) is 0 Å². The number of carbonyl (C=O) groups is 2. The molecule has 2 aromatic rings. The number of amides is 2. The third-order valence-corrected chi connectivity index (χ3v) is 6.95. The van der Waals surface area contributed by atoms with Crippen molar-refractivity contribution in [2.45, 2.75) is 39.0 Å². The summed E-state index contributed by atoms with van der Waals surface area (Å²) in [6.45, 7) is 4.23. The standard InChI is InChI=1S/C26H29F3N2O4/c1-19-6-2-4-8-21(19)34-17-24(33)30-13-10-25(11-14-30)12-15-31(18-25)23(32)16-20-7-3-5-9-22(20)35-26(27,28)29/h2-9H,10-18H2,1H3. The van der Waals surface area contributed by atoms with Crippen LogP contribution in [0.4, 0.5) is 13.2 Å². The molecule has 2 aliphatic rings. The lowest BCUT2D eigenvalue weighted by atomic mass is 9.78. The number of aryl methyl sites for hydroxylation is 1. The predicted molar refractivity (Wildman–Crippen MR) is 123 cm³/mol. The fraction of sp³-hybridized carbons (Fsp3) is 0.462. The van der Waals surface area contributed by atoms with Crippen molar-refractivity contribution in [3.05, 3.63) is 59.7 Å². The van der Waals surface area contributed by atoms with E-state index in [4.69, 9.17) is 4.74 Å². The number of nitrogens with zero attached hydrogens (tertiary/aromatic N) is 2. The number of ether oxygens (including phenoxy) is 2. The van der Waals surface area contributed by atoms with Crippen LogP contribution in [0.2, 0.25) is 0 Å². The van der Waals surface area contributed by atoms with E-state index in [0.29, 0.717) is 31.9 Å². The van der Waals surface area contributed by atoms with Gasteiger partial charge >= 0.3 is 6.36 Å². The second-order valence-electron chi connectivity index (χ2n) is 9.33. The molecule has 0 bridgehead atoms. The number of benzene rings is 2. The molecule has 2 saturated heterocycles. The average molecular weight is 491 g/mol. The van der Waals surface area contributed by atoms with Gasteiger partial charge in [0.05, 0.1) is 6.42 Å². The minimum absolute atomic E-state index is 0.0120. The highest BCUT2D eigenvalue weighted by molar-refractivity contribution is 5.80. The molecule has 0 aliphatic carbocycles. The predicted octanol–water partition coefficient (Wildman–Crippen LogP) is 4.36. The van der Waals surface area contributed by atoms with E-state index in [9.17, 15) is 22.8 Å². The first kappa shape index (κ1) is 24.9. The summed E-state index contributed by atoms with van der Waals surface area (Å²) >= 11 is 0. The summed E-state index contributed by atoms with van der Waals surface area (Å²) in [5.41, 5.74) is 1.12. The molecule has 2 amide bonds. The van der Waals surface area contributed by atoms with Crippen molar-refractivity contribution in [3.8, 4) is 11.5 Å². The van der Waals surface area contributed by atoms with Gasteiger partial charge in [0, 0.05) is 31.7 Å². The molecule has 0 saturated carbocycles. The van der Waals surface area contributed by atoms with Crippen LogP contribution in [0, 0.1) is 12.3 Å². The Morgan fingerprint density at radius 1 is 0.886 bits per heavy atom. The Hall–Kier alpha value is -3.23. The van der Waals surface area contributed by atoms with E-state index in [1.165, 1.54) is 18.2 Å². The summed E-state index contributed by atoms with van der Waals surface area (Å²) < 4.78 is 47.8. The highest BCUT2D eigenvalue weighted by atomic mass is 19.4. The summed E-state index contributed by atoms with van der Waals surface area (Å²) in [6.07, 6.45) is -2.58. The molecule has 35 heavy (non-hydrogen) atoms. The third kappa shape index (κ3) is 6.26. The summed E-state index contributed by atoms with van der Waals surface area (Å²) in [5.74, 6) is 0.0732. The molecular formula is C26H29F3N2O4. The Morgan fingerprint density at radius 2 is 1.49 bits per heavy atom. The number of hydrogen-bond donors (Lipinski definition) is 0. The molecule has 9 heteroatoms. The van der Waals surface area contributed by atoms with Crippen molar-refractivity contribution >= 4 is 11.8 Å². The molecule has 0 aromatic heterocycles. The zero-order valence-electron chi connectivity index (χ0n) is 19.6. The van der Waals surface area contributed by atoms with Gasteiger partial charge in [0.1, 0.15) is 11.5 Å². The fourth-order valence-electron chi connectivity index (χ4n) is 4.88. The van der Waals surface area contributed by atoms with Crippen LogP contribution in [0.5, 0.6) is 11.5 Å². The molecule has 2 aliphatic heterocycles. The topological polar surface area (TPSA) is 59.1 Å². The van der Waals surface area contributed by atoms with Crippen molar-refractivity contribution < 1.29 is 32.2 Å². The normalized spacial score (nSPS) is 17.5. The van der Waals surface area contributed by atoms with Gasteiger partial charge in [-0.2, -0.15) is 0 Å². The lowest BCUT2D eigenvalue weighted by molar-refractivity contribution is -0.274. The van der Waals surface area contributed by atoms with Gasteiger partial charge in [-0.05, 0) is 49.3 Å². The highest BCUT2D eigenvalue weighted by Crippen LogP contribution is 2.40. The van der Waals surface area contributed by atoms with Gasteiger partial charge in [-0.25, -0.2) is 0 Å². The van der Waals surface area contributed by atoms with Gasteiger partial charge in [-0.3, -0.25) is 9.59 Å². The SMILES string of the molecule is Cc1ccccc1OCC(=O)N1CCC2(CC1)CCN(C(=O)Cc1ccccc1OC(F)(F)F)C2. The van der Waals surface area contributed by atoms with E-state index in [1.54, 1.807) is 15.9 Å². The van der Waals surface area contributed by atoms with Gasteiger partial charge < -0.3 is 19.3 Å². The zero-order valence-corrected chi connectivity index (χ0v) is 19.6. The monoisotopic (exact) mass is 490 g/mol. The first-order chi connectivity index (χ1) is 16.6. The Morgan fingerprint density at radius 3 is 2.14 bits per heavy atom. The van der Waals surface area contributed by atoms with Crippen LogP contribution >= 0.6 is 0 Å². The molecule has 0 unspecified atom stereocenters. The average Bonchev–Trinajstić information content (AvgIpc) is 3.23. The van der Waals surface area contributed by atoms with Gasteiger partial charge in [-0.15, -0.1) is 13.2 Å². The molecular weight excluding hydrogens is 461 g/mol. The minimum Gasteiger partial charge on any atom is -0.484 e. The fourth-order valence-corrected chi connectivity index (χ4v) is 4.88. The van der Waals surface area contributed by atoms with E-state index in [0.717, 1.165) is 24.8 Å². The second-order valence-corrected chi connectivity index (χ2v) is 9.33. The van der Waals surface area contributed by atoms with Crippen molar-refractivity contribution in [2.24, 2.45) is 5.41 Å². The summed E-state index contributed by atoms with van der Waals surface area (Å²) in [6, 6.07) is 13.3. The Labute approximate surface area is 202 Å². The maximum atomic E-state index is 12.9. The van der Waals surface area contributed by atoms with Crippen molar-refractivity contribution in [1.82, 2.24) is 9.80 Å². The third-order valence-electron chi connectivity index (χ3n) is 6.95. The molecule has 0 radical (unpaired) electrons. The molecule has 2 fully saturated rings. The maximum Gasteiger partial charge on any atom is 0.573 e. The molecule has 1 spiro atoms. The van der Waals surface area contributed by atoms with Crippen LogP contribution < -0.4 is 9.47 Å². The maximum absolute atomic E-state index is 12.9. The van der Waals surface area contributed by atoms with E-state index >= 15 is 0 Å². The number of carbonyl (C=O) groups excluding carboxylic acids is 2. The minimum atomic E-state index is -4.81. The highest BCUT2D eigenvalue weighted by Gasteiger charge is 2.43. The molecule has 0 N–H and O–H groups in total. The number of piperidine rings is 1. The summed E-state index contributed by atoms with van der Waals surface area (Å²) in [4.78, 5) is 29.1. The van der Waals surface area contributed by atoms with Crippen molar-refractivity contribution in [3.63, 3.8) is 0 Å². The van der Waals surface area contributed by atoms with Gasteiger partial charge in [0.15, 0.2) is 6.61 Å². The zero-order chi connectivity index (χ0) is 25.1. The van der Waals surface area contributed by atoms with Crippen LogP contribution in [0.25, 0.3) is 0 Å². The lowest BCUT2D eigenvalue weighted by Gasteiger charge is -2.39. The number of likely N-dealkylation sites (tertiary alicyclic amines) is 2. The number of rotatable bonds is 6. The largest absolute Gasteiger partial charge is 0.573 e. The van der Waals surface area contributed by atoms with Crippen LogP contribution in [-0.4, -0.2) is 60.8 Å². The lowest BCUT2D eigenvalue weighted by Crippen LogP contribution is -2.46. The number of para-hydroxylation sites is 2. The van der Waals surface area contributed by atoms with E-state index < -0.39 is 6.36 Å². The molecule has 6 nitrogen and oxygen atoms in total. The second kappa shape index (κ2) is 10.2. The van der Waals surface area contributed by atoms with E-state index in [1.807, 2.05) is 31.2 Å². The van der Waals surface area contributed by atoms with Gasteiger partial charge in [-0.1, -0.05) is 36.4 Å². The number of hydrogen-bond acceptors (Lipinski definition) is 4. The Bertz CT molecular complexity index is 1060. The first-order valence-corrected chi connectivity index (χ1v) is 11.7. The Balaban J connectivity index is 1.28. The first-order valence-electron chi connectivity index (χ1n) is 11.7. The van der Waals surface area contributed by atoms with Crippen molar-refractivity contribution in [2.75, 3.05) is 32.8 Å². The molecule has 2 heterocycles. The molecule has 0 atom stereocenters. The summed E-state index contributed by atoms with van der Waals surface area (Å²) in [5, 5.41) is 0. The molecule has 2 aromatic carbocycles. The smallest absolute Gasteiger partial charge is 0.484 e. The Kier molecular flexibility index (Phi) is 7.23. The quantitative estimate of drug-likeness (QED) is 0.604. The molecule has 188 valence electrons. The van der Waals surface area contributed by atoms with Crippen LogP contribution in [0.3, 0.4) is 0 Å². The number of halogens is 3. The van der Waals surface area contributed by atoms with E-state index in [-0.39, 0.29) is 41.6 Å². The van der Waals surface area contributed by atoms with Crippen LogP contribution in [0.1, 0.15) is 30.4 Å². The molecule has 4 rings (SSSR count). The van der Waals surface area contributed by atoms with Crippen LogP contribution in [-0.2, 0) is 16.0 Å². The number of alkyl halides is 3. The van der Waals surface area contributed by atoms with Gasteiger partial charge in [0.2, 0.25) is 5.91 Å².